The molecule has 0 spiro atoms. The first-order valence-corrected chi connectivity index (χ1v) is 9.30. The van der Waals surface area contributed by atoms with Gasteiger partial charge in [0.2, 0.25) is 0 Å². The summed E-state index contributed by atoms with van der Waals surface area (Å²) < 4.78 is 18.3. The van der Waals surface area contributed by atoms with Crippen LogP contribution in [0.25, 0.3) is 0 Å². The molecule has 0 aromatic heterocycles. The molecule has 148 valence electrons. The Kier molecular flexibility index (Phi) is 6.36. The Morgan fingerprint density at radius 3 is 2.43 bits per heavy atom. The summed E-state index contributed by atoms with van der Waals surface area (Å²) in [6.07, 6.45) is 0.646. The van der Waals surface area contributed by atoms with Crippen LogP contribution in [0.4, 0.5) is 14.9 Å². The molecular weight excluding hydrogens is 385 g/mol. The standard InChI is InChI=1S/C20H21ClFN3O3/c1-28-18-8-5-15(21)13-17(18)23-20(27)25-10-2-9-24(11-12-25)19(26)14-3-6-16(22)7-4-14/h3-8,13H,2,9-12H2,1H3,(H,23,27). The van der Waals surface area contributed by atoms with E-state index in [1.54, 1.807) is 28.0 Å². The summed E-state index contributed by atoms with van der Waals surface area (Å²) in [6.45, 7) is 1.83. The van der Waals surface area contributed by atoms with Crippen molar-refractivity contribution < 1.29 is 18.7 Å². The van der Waals surface area contributed by atoms with Crippen molar-refractivity contribution in [2.45, 2.75) is 6.42 Å². The first-order valence-electron chi connectivity index (χ1n) is 8.92. The predicted octanol–water partition coefficient (Wildman–Crippen LogP) is 3.87. The lowest BCUT2D eigenvalue weighted by Crippen LogP contribution is -2.39. The lowest BCUT2D eigenvalue weighted by atomic mass is 10.2. The Labute approximate surface area is 167 Å². The number of amides is 3. The number of hydrogen-bond donors (Lipinski definition) is 1. The summed E-state index contributed by atoms with van der Waals surface area (Å²) in [5, 5.41) is 3.30. The van der Waals surface area contributed by atoms with E-state index in [1.165, 1.54) is 31.4 Å². The number of methoxy groups -OCH3 is 1. The minimum Gasteiger partial charge on any atom is -0.495 e. The molecule has 0 radical (unpaired) electrons. The second-order valence-electron chi connectivity index (χ2n) is 6.41. The van der Waals surface area contributed by atoms with E-state index in [9.17, 15) is 14.0 Å². The van der Waals surface area contributed by atoms with E-state index in [0.717, 1.165) is 0 Å². The zero-order chi connectivity index (χ0) is 20.1. The molecular formula is C20H21ClFN3O3. The van der Waals surface area contributed by atoms with Crippen molar-refractivity contribution in [3.05, 3.63) is 58.9 Å². The summed E-state index contributed by atoms with van der Waals surface area (Å²) in [5.41, 5.74) is 0.923. The predicted molar refractivity (Wildman–Crippen MR) is 106 cm³/mol. The van der Waals surface area contributed by atoms with E-state index in [1.807, 2.05) is 0 Å². The molecule has 1 saturated heterocycles. The fraction of sp³-hybridized carbons (Fsp3) is 0.300. The van der Waals surface area contributed by atoms with Crippen LogP contribution in [0.5, 0.6) is 5.75 Å². The number of carbonyl (C=O) groups excluding carboxylic acids is 2. The first kappa shape index (κ1) is 19.9. The molecule has 1 aliphatic rings. The average molecular weight is 406 g/mol. The summed E-state index contributed by atoms with van der Waals surface area (Å²) in [5.74, 6) is -0.0360. The Bertz CT molecular complexity index is 860. The van der Waals surface area contributed by atoms with Crippen molar-refractivity contribution in [2.75, 3.05) is 38.6 Å². The van der Waals surface area contributed by atoms with Gasteiger partial charge in [-0.1, -0.05) is 11.6 Å². The number of nitrogens with zero attached hydrogens (tertiary/aromatic N) is 2. The zero-order valence-corrected chi connectivity index (χ0v) is 16.2. The van der Waals surface area contributed by atoms with Crippen LogP contribution in [0.1, 0.15) is 16.8 Å². The van der Waals surface area contributed by atoms with Crippen LogP contribution < -0.4 is 10.1 Å². The molecule has 0 atom stereocenters. The molecule has 0 unspecified atom stereocenters. The largest absolute Gasteiger partial charge is 0.495 e. The van der Waals surface area contributed by atoms with Crippen molar-refractivity contribution in [3.8, 4) is 5.75 Å². The van der Waals surface area contributed by atoms with Gasteiger partial charge in [-0.2, -0.15) is 0 Å². The Hall–Kier alpha value is -2.80. The number of hydrogen-bond acceptors (Lipinski definition) is 3. The SMILES string of the molecule is COc1ccc(Cl)cc1NC(=O)N1CCCN(C(=O)c2ccc(F)cc2)CC1. The molecule has 8 heteroatoms. The molecule has 1 aliphatic heterocycles. The van der Waals surface area contributed by atoms with Gasteiger partial charge in [-0.25, -0.2) is 9.18 Å². The van der Waals surface area contributed by atoms with E-state index in [-0.39, 0.29) is 17.8 Å². The highest BCUT2D eigenvalue weighted by molar-refractivity contribution is 6.31. The number of carbonyl (C=O) groups is 2. The summed E-state index contributed by atoms with van der Waals surface area (Å²) in [6, 6.07) is 10.2. The van der Waals surface area contributed by atoms with Crippen LogP contribution >= 0.6 is 11.6 Å². The van der Waals surface area contributed by atoms with E-state index >= 15 is 0 Å². The molecule has 0 bridgehead atoms. The summed E-state index contributed by atoms with van der Waals surface area (Å²) in [4.78, 5) is 28.6. The third-order valence-corrected chi connectivity index (χ3v) is 4.80. The van der Waals surface area contributed by atoms with Crippen LogP contribution in [-0.4, -0.2) is 55.0 Å². The second kappa shape index (κ2) is 8.93. The highest BCUT2D eigenvalue weighted by Crippen LogP contribution is 2.28. The Morgan fingerprint density at radius 1 is 1.04 bits per heavy atom. The minimum absolute atomic E-state index is 0.168. The minimum atomic E-state index is -0.383. The fourth-order valence-corrected chi connectivity index (χ4v) is 3.24. The highest BCUT2D eigenvalue weighted by atomic mass is 35.5. The summed E-state index contributed by atoms with van der Waals surface area (Å²) in [7, 11) is 1.52. The molecule has 2 aromatic carbocycles. The van der Waals surface area contributed by atoms with E-state index in [4.69, 9.17) is 16.3 Å². The van der Waals surface area contributed by atoms with Crippen LogP contribution in [-0.2, 0) is 0 Å². The number of anilines is 1. The number of ether oxygens (including phenoxy) is 1. The van der Waals surface area contributed by atoms with E-state index in [0.29, 0.717) is 54.6 Å². The molecule has 1 N–H and O–H groups in total. The van der Waals surface area contributed by atoms with Crippen LogP contribution in [0.2, 0.25) is 5.02 Å². The fourth-order valence-electron chi connectivity index (χ4n) is 3.07. The van der Waals surface area contributed by atoms with Gasteiger partial charge in [0.05, 0.1) is 12.8 Å². The maximum absolute atomic E-state index is 13.1. The van der Waals surface area contributed by atoms with Crippen molar-refractivity contribution in [2.24, 2.45) is 0 Å². The van der Waals surface area contributed by atoms with Gasteiger partial charge in [0.25, 0.3) is 5.91 Å². The van der Waals surface area contributed by atoms with Gasteiger partial charge in [-0.15, -0.1) is 0 Å². The zero-order valence-electron chi connectivity index (χ0n) is 15.5. The van der Waals surface area contributed by atoms with Gasteiger partial charge in [0, 0.05) is 36.8 Å². The molecule has 6 nitrogen and oxygen atoms in total. The number of benzene rings is 2. The number of urea groups is 1. The number of halogens is 2. The van der Waals surface area contributed by atoms with Crippen molar-refractivity contribution in [1.82, 2.24) is 9.80 Å². The summed E-state index contributed by atoms with van der Waals surface area (Å²) >= 11 is 6.00. The second-order valence-corrected chi connectivity index (χ2v) is 6.85. The third-order valence-electron chi connectivity index (χ3n) is 4.56. The maximum Gasteiger partial charge on any atom is 0.322 e. The van der Waals surface area contributed by atoms with Crippen molar-refractivity contribution >= 4 is 29.2 Å². The van der Waals surface area contributed by atoms with Gasteiger partial charge in [0.1, 0.15) is 11.6 Å². The quantitative estimate of drug-likeness (QED) is 0.843. The van der Waals surface area contributed by atoms with Gasteiger partial charge in [0.15, 0.2) is 0 Å². The molecule has 0 aliphatic carbocycles. The lowest BCUT2D eigenvalue weighted by Gasteiger charge is -2.23. The number of rotatable bonds is 3. The van der Waals surface area contributed by atoms with Gasteiger partial charge in [-0.3, -0.25) is 4.79 Å². The van der Waals surface area contributed by atoms with Crippen molar-refractivity contribution in [3.63, 3.8) is 0 Å². The topological polar surface area (TPSA) is 61.9 Å². The van der Waals surface area contributed by atoms with Gasteiger partial charge in [-0.05, 0) is 48.9 Å². The lowest BCUT2D eigenvalue weighted by molar-refractivity contribution is 0.0762. The Morgan fingerprint density at radius 2 is 1.71 bits per heavy atom. The normalized spacial score (nSPS) is 14.4. The molecule has 1 fully saturated rings. The highest BCUT2D eigenvalue weighted by Gasteiger charge is 2.23. The molecule has 1 heterocycles. The van der Waals surface area contributed by atoms with Gasteiger partial charge >= 0.3 is 6.03 Å². The van der Waals surface area contributed by atoms with E-state index in [2.05, 4.69) is 5.32 Å². The third kappa shape index (κ3) is 4.72. The van der Waals surface area contributed by atoms with Crippen molar-refractivity contribution in [1.29, 1.82) is 0 Å². The maximum atomic E-state index is 13.1. The molecule has 0 saturated carbocycles. The molecule has 2 aromatic rings. The van der Waals surface area contributed by atoms with Crippen LogP contribution in [0, 0.1) is 5.82 Å². The van der Waals surface area contributed by atoms with Gasteiger partial charge < -0.3 is 19.9 Å². The van der Waals surface area contributed by atoms with Crippen LogP contribution in [0.15, 0.2) is 42.5 Å². The molecule has 3 amide bonds. The first-order chi connectivity index (χ1) is 13.5. The molecule has 3 rings (SSSR count). The number of nitrogens with one attached hydrogen (secondary N) is 1. The van der Waals surface area contributed by atoms with E-state index < -0.39 is 0 Å². The smallest absolute Gasteiger partial charge is 0.322 e. The molecule has 28 heavy (non-hydrogen) atoms. The average Bonchev–Trinajstić information content (AvgIpc) is 2.94. The van der Waals surface area contributed by atoms with Crippen LogP contribution in [0.3, 0.4) is 0 Å². The monoisotopic (exact) mass is 405 g/mol. The Balaban J connectivity index is 1.63.